The van der Waals surface area contributed by atoms with Gasteiger partial charge in [-0.25, -0.2) is 8.42 Å². The van der Waals surface area contributed by atoms with Gasteiger partial charge in [0, 0.05) is 28.6 Å². The van der Waals surface area contributed by atoms with Gasteiger partial charge in [0.05, 0.1) is 11.5 Å². The van der Waals surface area contributed by atoms with Gasteiger partial charge in [-0.05, 0) is 61.8 Å². The molecule has 1 atom stereocenters. The van der Waals surface area contributed by atoms with Gasteiger partial charge in [-0.3, -0.25) is 20.4 Å². The van der Waals surface area contributed by atoms with Crippen LogP contribution in [0.15, 0.2) is 18.2 Å². The lowest BCUT2D eigenvalue weighted by Crippen LogP contribution is -2.42. The molecule has 3 N–H and O–H groups in total. The lowest BCUT2D eigenvalue weighted by Gasteiger charge is -2.11. The van der Waals surface area contributed by atoms with Crippen LogP contribution >= 0.6 is 0 Å². The average molecular weight is 389 g/mol. The van der Waals surface area contributed by atoms with E-state index in [1.54, 1.807) is 6.07 Å². The molecule has 2 amide bonds. The van der Waals surface area contributed by atoms with Crippen molar-refractivity contribution in [2.45, 2.75) is 38.5 Å². The van der Waals surface area contributed by atoms with Crippen LogP contribution in [-0.2, 0) is 27.5 Å². The number of H-pyrrole nitrogens is 1. The van der Waals surface area contributed by atoms with Gasteiger partial charge in [0.15, 0.2) is 9.84 Å². The molecule has 2 aromatic rings. The van der Waals surface area contributed by atoms with Gasteiger partial charge in [-0.1, -0.05) is 0 Å². The van der Waals surface area contributed by atoms with Crippen molar-refractivity contribution in [3.63, 3.8) is 0 Å². The Morgan fingerprint density at radius 3 is 2.74 bits per heavy atom. The molecule has 0 saturated carbocycles. The van der Waals surface area contributed by atoms with Gasteiger partial charge < -0.3 is 4.98 Å². The molecule has 0 radical (unpaired) electrons. The van der Waals surface area contributed by atoms with Gasteiger partial charge >= 0.3 is 0 Å². The summed E-state index contributed by atoms with van der Waals surface area (Å²) in [5.41, 5.74) is 8.89. The summed E-state index contributed by atoms with van der Waals surface area (Å²) in [5, 5.41) is 1.07. The number of aryl methyl sites for hydroxylation is 2. The smallest absolute Gasteiger partial charge is 0.269 e. The SMILES string of the molecule is O=C(CC1CCS(=O)(=O)C1)NNC(=O)c1ccc2[nH]c3c(c2c1)CCCC3. The predicted octanol–water partition coefficient (Wildman–Crippen LogP) is 1.63. The Morgan fingerprint density at radius 2 is 1.96 bits per heavy atom. The standard InChI is InChI=1S/C19H23N3O4S/c23-18(9-12-7-8-27(25,26)11-12)21-22-19(24)13-5-6-17-15(10-13)14-3-1-2-4-16(14)20-17/h5-6,10,12,20H,1-4,7-9,11H2,(H,21,23)(H,22,24). The molecule has 1 unspecified atom stereocenters. The largest absolute Gasteiger partial charge is 0.358 e. The molecule has 2 heterocycles. The molecule has 1 aromatic carbocycles. The Kier molecular flexibility index (Phi) is 4.67. The van der Waals surface area contributed by atoms with Gasteiger partial charge in [0.1, 0.15) is 0 Å². The zero-order valence-corrected chi connectivity index (χ0v) is 15.8. The van der Waals surface area contributed by atoms with Gasteiger partial charge in [-0.2, -0.15) is 0 Å². The number of hydrogen-bond acceptors (Lipinski definition) is 4. The summed E-state index contributed by atoms with van der Waals surface area (Å²) in [7, 11) is -3.01. The molecule has 4 rings (SSSR count). The predicted molar refractivity (Wildman–Crippen MR) is 102 cm³/mol. The molecule has 1 fully saturated rings. The first-order chi connectivity index (χ1) is 12.9. The van der Waals surface area contributed by atoms with Crippen LogP contribution in [0.2, 0.25) is 0 Å². The molecule has 8 heteroatoms. The van der Waals surface area contributed by atoms with Gasteiger partial charge in [-0.15, -0.1) is 0 Å². The van der Waals surface area contributed by atoms with Gasteiger partial charge in [0.25, 0.3) is 5.91 Å². The van der Waals surface area contributed by atoms with E-state index in [0.717, 1.165) is 30.2 Å². The van der Waals surface area contributed by atoms with E-state index in [4.69, 9.17) is 0 Å². The van der Waals surface area contributed by atoms with Crippen molar-refractivity contribution in [2.75, 3.05) is 11.5 Å². The van der Waals surface area contributed by atoms with Gasteiger partial charge in [0.2, 0.25) is 5.91 Å². The lowest BCUT2D eigenvalue weighted by molar-refractivity contribution is -0.122. The molecule has 1 aliphatic heterocycles. The molecule has 0 spiro atoms. The molecule has 1 saturated heterocycles. The van der Waals surface area contributed by atoms with E-state index in [2.05, 4.69) is 15.8 Å². The number of hydrogen-bond donors (Lipinski definition) is 3. The number of carbonyl (C=O) groups excluding carboxylic acids is 2. The number of aromatic nitrogens is 1. The number of amides is 2. The van der Waals surface area contributed by atoms with E-state index < -0.39 is 9.84 Å². The van der Waals surface area contributed by atoms with E-state index in [-0.39, 0.29) is 35.7 Å². The number of carbonyl (C=O) groups is 2. The molecular weight excluding hydrogens is 366 g/mol. The second-order valence-electron chi connectivity index (χ2n) is 7.53. The Morgan fingerprint density at radius 1 is 1.15 bits per heavy atom. The third-order valence-corrected chi connectivity index (χ3v) is 7.31. The Bertz CT molecular complexity index is 1010. The van der Waals surface area contributed by atoms with Crippen LogP contribution in [0.25, 0.3) is 10.9 Å². The highest BCUT2D eigenvalue weighted by atomic mass is 32.2. The number of sulfone groups is 1. The van der Waals surface area contributed by atoms with Crippen LogP contribution in [0.3, 0.4) is 0 Å². The maximum atomic E-state index is 12.4. The van der Waals surface area contributed by atoms with Crippen molar-refractivity contribution in [3.8, 4) is 0 Å². The maximum absolute atomic E-state index is 12.4. The number of aromatic amines is 1. The molecule has 1 aromatic heterocycles. The van der Waals surface area contributed by atoms with Crippen LogP contribution in [-0.4, -0.2) is 36.7 Å². The molecule has 27 heavy (non-hydrogen) atoms. The van der Waals surface area contributed by atoms with E-state index >= 15 is 0 Å². The monoisotopic (exact) mass is 389 g/mol. The molecule has 7 nitrogen and oxygen atoms in total. The minimum Gasteiger partial charge on any atom is -0.358 e. The normalized spacial score (nSPS) is 21.0. The van der Waals surface area contributed by atoms with E-state index in [0.29, 0.717) is 12.0 Å². The van der Waals surface area contributed by atoms with Crippen LogP contribution in [0.4, 0.5) is 0 Å². The summed E-state index contributed by atoms with van der Waals surface area (Å²) in [4.78, 5) is 27.8. The third-order valence-electron chi connectivity index (χ3n) is 5.48. The molecule has 144 valence electrons. The first-order valence-electron chi connectivity index (χ1n) is 9.34. The first-order valence-corrected chi connectivity index (χ1v) is 11.2. The fourth-order valence-corrected chi connectivity index (χ4v) is 5.95. The minimum atomic E-state index is -3.01. The molecule has 2 aliphatic rings. The number of rotatable bonds is 3. The fraction of sp³-hybridized carbons (Fsp3) is 0.474. The maximum Gasteiger partial charge on any atom is 0.269 e. The van der Waals surface area contributed by atoms with Crippen molar-refractivity contribution in [2.24, 2.45) is 5.92 Å². The summed E-state index contributed by atoms with van der Waals surface area (Å²) in [5.74, 6) is -0.739. The summed E-state index contributed by atoms with van der Waals surface area (Å²) in [6.45, 7) is 0. The summed E-state index contributed by atoms with van der Waals surface area (Å²) in [6, 6.07) is 5.49. The Hall–Kier alpha value is -2.35. The highest BCUT2D eigenvalue weighted by Crippen LogP contribution is 2.29. The van der Waals surface area contributed by atoms with Crippen LogP contribution in [0.1, 0.15) is 47.3 Å². The third kappa shape index (κ3) is 3.85. The number of benzene rings is 1. The zero-order chi connectivity index (χ0) is 19.0. The van der Waals surface area contributed by atoms with E-state index in [1.165, 1.54) is 17.7 Å². The quantitative estimate of drug-likeness (QED) is 0.694. The van der Waals surface area contributed by atoms with Crippen molar-refractivity contribution in [1.82, 2.24) is 15.8 Å². The fourth-order valence-electron chi connectivity index (χ4n) is 4.09. The Balaban J connectivity index is 1.39. The molecule has 1 aliphatic carbocycles. The second kappa shape index (κ2) is 6.99. The van der Waals surface area contributed by atoms with Crippen LogP contribution in [0.5, 0.6) is 0 Å². The highest BCUT2D eigenvalue weighted by Gasteiger charge is 2.29. The summed E-state index contributed by atoms with van der Waals surface area (Å²) >= 11 is 0. The van der Waals surface area contributed by atoms with E-state index in [1.807, 2.05) is 12.1 Å². The van der Waals surface area contributed by atoms with E-state index in [9.17, 15) is 18.0 Å². The van der Waals surface area contributed by atoms with Crippen molar-refractivity contribution < 1.29 is 18.0 Å². The molecule has 0 bridgehead atoms. The molecular formula is C19H23N3O4S. The number of hydrazine groups is 1. The number of nitrogens with one attached hydrogen (secondary N) is 3. The van der Waals surface area contributed by atoms with Crippen molar-refractivity contribution >= 4 is 32.6 Å². The van der Waals surface area contributed by atoms with Crippen molar-refractivity contribution in [1.29, 1.82) is 0 Å². The zero-order valence-electron chi connectivity index (χ0n) is 15.0. The highest BCUT2D eigenvalue weighted by molar-refractivity contribution is 7.91. The summed E-state index contributed by atoms with van der Waals surface area (Å²) < 4.78 is 22.9. The summed E-state index contributed by atoms with van der Waals surface area (Å²) in [6.07, 6.45) is 4.99. The van der Waals surface area contributed by atoms with Crippen molar-refractivity contribution in [3.05, 3.63) is 35.0 Å². The average Bonchev–Trinajstić information content (AvgIpc) is 3.18. The minimum absolute atomic E-state index is 0.0453. The second-order valence-corrected chi connectivity index (χ2v) is 9.75. The lowest BCUT2D eigenvalue weighted by atomic mass is 9.95. The van der Waals surface area contributed by atoms with Crippen LogP contribution < -0.4 is 10.9 Å². The van der Waals surface area contributed by atoms with Crippen LogP contribution in [0, 0.1) is 5.92 Å². The first kappa shape index (κ1) is 18.0. The Labute approximate surface area is 157 Å². The topological polar surface area (TPSA) is 108 Å². The number of fused-ring (bicyclic) bond motifs is 3.